The summed E-state index contributed by atoms with van der Waals surface area (Å²) in [6.07, 6.45) is 7.92. The molecule has 2 aliphatic rings. The summed E-state index contributed by atoms with van der Waals surface area (Å²) >= 11 is 6.90. The lowest BCUT2D eigenvalue weighted by atomic mass is 9.98. The van der Waals surface area contributed by atoms with E-state index in [-0.39, 0.29) is 5.60 Å². The Balaban J connectivity index is 1.65. The Morgan fingerprint density at radius 2 is 2.12 bits per heavy atom. The second-order valence-electron chi connectivity index (χ2n) is 5.14. The predicted octanol–water partition coefficient (Wildman–Crippen LogP) is 3.90. The van der Waals surface area contributed by atoms with Crippen LogP contribution in [0.2, 0.25) is 0 Å². The third kappa shape index (κ3) is 2.47. The van der Waals surface area contributed by atoms with Crippen LogP contribution in [0.3, 0.4) is 0 Å². The Morgan fingerprint density at radius 1 is 1.35 bits per heavy atom. The lowest BCUT2D eigenvalue weighted by molar-refractivity contribution is -0.0431. The highest BCUT2D eigenvalue weighted by molar-refractivity contribution is 9.11. The fourth-order valence-electron chi connectivity index (χ4n) is 3.10. The molecule has 0 amide bonds. The van der Waals surface area contributed by atoms with E-state index in [4.69, 9.17) is 4.74 Å². The molecule has 1 aromatic rings. The highest BCUT2D eigenvalue weighted by Crippen LogP contribution is 2.43. The Hall–Kier alpha value is 0.130. The monoisotopic (exact) mass is 362 g/mol. The average molecular weight is 364 g/mol. The second-order valence-corrected chi connectivity index (χ2v) is 6.77. The van der Waals surface area contributed by atoms with Gasteiger partial charge in [-0.2, -0.15) is 5.10 Å². The van der Waals surface area contributed by atoms with E-state index >= 15 is 0 Å². The van der Waals surface area contributed by atoms with Crippen molar-refractivity contribution in [3.05, 3.63) is 15.3 Å². The summed E-state index contributed by atoms with van der Waals surface area (Å²) in [5, 5.41) is 4.40. The third-order valence-electron chi connectivity index (χ3n) is 3.93. The van der Waals surface area contributed by atoms with Gasteiger partial charge in [-0.3, -0.25) is 4.68 Å². The zero-order valence-corrected chi connectivity index (χ0v) is 12.8. The molecule has 1 aromatic heterocycles. The summed E-state index contributed by atoms with van der Waals surface area (Å²) in [7, 11) is 0. The molecule has 0 bridgehead atoms. The van der Waals surface area contributed by atoms with Crippen LogP contribution in [-0.4, -0.2) is 21.5 Å². The van der Waals surface area contributed by atoms with Gasteiger partial charge >= 0.3 is 0 Å². The number of halogens is 2. The van der Waals surface area contributed by atoms with Crippen molar-refractivity contribution in [1.82, 2.24) is 9.78 Å². The molecule has 0 radical (unpaired) electrons. The quantitative estimate of drug-likeness (QED) is 0.796. The normalized spacial score (nSPS) is 27.1. The van der Waals surface area contributed by atoms with E-state index in [0.29, 0.717) is 6.10 Å². The molecule has 2 heterocycles. The van der Waals surface area contributed by atoms with E-state index < -0.39 is 0 Å². The molecule has 1 saturated carbocycles. The van der Waals surface area contributed by atoms with Gasteiger partial charge in [0.05, 0.1) is 18.2 Å². The van der Waals surface area contributed by atoms with Crippen molar-refractivity contribution in [1.29, 1.82) is 0 Å². The average Bonchev–Trinajstić information content (AvgIpc) is 2.95. The lowest BCUT2D eigenvalue weighted by Crippen LogP contribution is -2.26. The molecule has 1 atom stereocenters. The van der Waals surface area contributed by atoms with Crippen LogP contribution < -0.4 is 0 Å². The molecule has 3 rings (SSSR count). The van der Waals surface area contributed by atoms with Gasteiger partial charge in [-0.15, -0.1) is 0 Å². The van der Waals surface area contributed by atoms with Crippen LogP contribution in [0.5, 0.6) is 0 Å². The molecule has 1 unspecified atom stereocenters. The van der Waals surface area contributed by atoms with Crippen LogP contribution >= 0.6 is 31.9 Å². The number of aromatic nitrogens is 2. The van der Waals surface area contributed by atoms with Crippen molar-refractivity contribution in [2.24, 2.45) is 0 Å². The first-order chi connectivity index (χ1) is 8.17. The molecule has 2 fully saturated rings. The number of nitrogens with zero attached hydrogens (tertiary/aromatic N) is 2. The van der Waals surface area contributed by atoms with Gasteiger partial charge in [-0.05, 0) is 57.5 Å². The van der Waals surface area contributed by atoms with Gasteiger partial charge in [-0.25, -0.2) is 0 Å². The van der Waals surface area contributed by atoms with Gasteiger partial charge in [0.1, 0.15) is 9.21 Å². The number of hydrogen-bond donors (Lipinski definition) is 0. The summed E-state index contributed by atoms with van der Waals surface area (Å²) in [6, 6.07) is 1.97. The lowest BCUT2D eigenvalue weighted by Gasteiger charge is -2.23. The molecule has 5 heteroatoms. The smallest absolute Gasteiger partial charge is 0.129 e. The number of hydrogen-bond acceptors (Lipinski definition) is 2. The molecule has 94 valence electrons. The van der Waals surface area contributed by atoms with Crippen LogP contribution in [-0.2, 0) is 11.3 Å². The fraction of sp³-hybridized carbons (Fsp3) is 0.750. The summed E-state index contributed by atoms with van der Waals surface area (Å²) in [4.78, 5) is 0. The third-order valence-corrected chi connectivity index (χ3v) is 4.96. The van der Waals surface area contributed by atoms with E-state index in [1.807, 2.05) is 10.7 Å². The predicted molar refractivity (Wildman–Crippen MR) is 72.9 cm³/mol. The van der Waals surface area contributed by atoms with Crippen LogP contribution in [0.15, 0.2) is 15.3 Å². The largest absolute Gasteiger partial charge is 0.370 e. The topological polar surface area (TPSA) is 27.1 Å². The second kappa shape index (κ2) is 4.67. The fourth-order valence-corrected chi connectivity index (χ4v) is 4.25. The zero-order chi connectivity index (χ0) is 11.9. The maximum atomic E-state index is 6.28. The van der Waals surface area contributed by atoms with Crippen LogP contribution in [0.4, 0.5) is 0 Å². The molecule has 1 aliphatic carbocycles. The first kappa shape index (κ1) is 12.2. The Bertz CT molecular complexity index is 413. The molecule has 1 saturated heterocycles. The van der Waals surface area contributed by atoms with Crippen molar-refractivity contribution in [3.8, 4) is 0 Å². The molecule has 17 heavy (non-hydrogen) atoms. The summed E-state index contributed by atoms with van der Waals surface area (Å²) in [6.45, 7) is 0.855. The van der Waals surface area contributed by atoms with Crippen molar-refractivity contribution in [3.63, 3.8) is 0 Å². The molecule has 0 N–H and O–H groups in total. The molecular formula is C12H16Br2N2O. The summed E-state index contributed by atoms with van der Waals surface area (Å²) in [5.41, 5.74) is 0.224. The first-order valence-electron chi connectivity index (χ1n) is 6.24. The van der Waals surface area contributed by atoms with Gasteiger partial charge in [0.2, 0.25) is 0 Å². The maximum Gasteiger partial charge on any atom is 0.129 e. The zero-order valence-electron chi connectivity index (χ0n) is 9.66. The maximum absolute atomic E-state index is 6.28. The van der Waals surface area contributed by atoms with E-state index in [1.54, 1.807) is 0 Å². The highest BCUT2D eigenvalue weighted by atomic mass is 79.9. The van der Waals surface area contributed by atoms with E-state index in [2.05, 4.69) is 37.0 Å². The molecule has 3 nitrogen and oxygen atoms in total. The molecule has 1 spiro atoms. The van der Waals surface area contributed by atoms with E-state index in [0.717, 1.165) is 15.8 Å². The minimum absolute atomic E-state index is 0.224. The number of ether oxygens (including phenoxy) is 1. The molecule has 1 aliphatic heterocycles. The van der Waals surface area contributed by atoms with Gasteiger partial charge in [0.25, 0.3) is 0 Å². The number of rotatable bonds is 2. The summed E-state index contributed by atoms with van der Waals surface area (Å²) in [5.74, 6) is 0. The van der Waals surface area contributed by atoms with E-state index in [9.17, 15) is 0 Å². The van der Waals surface area contributed by atoms with E-state index in [1.165, 1.54) is 38.5 Å². The van der Waals surface area contributed by atoms with Gasteiger partial charge < -0.3 is 4.74 Å². The van der Waals surface area contributed by atoms with Crippen LogP contribution in [0, 0.1) is 0 Å². The molecular weight excluding hydrogens is 348 g/mol. The van der Waals surface area contributed by atoms with Crippen LogP contribution in [0.25, 0.3) is 0 Å². The van der Waals surface area contributed by atoms with Gasteiger partial charge in [0, 0.05) is 6.07 Å². The molecule has 0 aromatic carbocycles. The SMILES string of the molecule is Brc1cc(Br)n(CC2CCC3(CCCC3)O2)n1. The van der Waals surface area contributed by atoms with Crippen LogP contribution in [0.1, 0.15) is 38.5 Å². The van der Waals surface area contributed by atoms with Crippen molar-refractivity contribution < 1.29 is 4.74 Å². The van der Waals surface area contributed by atoms with Crippen molar-refractivity contribution in [2.75, 3.05) is 0 Å². The minimum Gasteiger partial charge on any atom is -0.370 e. The Morgan fingerprint density at radius 3 is 2.76 bits per heavy atom. The summed E-state index contributed by atoms with van der Waals surface area (Å²) < 4.78 is 10.1. The van der Waals surface area contributed by atoms with Gasteiger partial charge in [0.15, 0.2) is 0 Å². The van der Waals surface area contributed by atoms with Crippen molar-refractivity contribution >= 4 is 31.9 Å². The highest BCUT2D eigenvalue weighted by Gasteiger charge is 2.42. The standard InChI is InChI=1S/C12H16Br2N2O/c13-10-7-11(14)16(15-10)8-9-3-6-12(17-9)4-1-2-5-12/h7,9H,1-6,8H2. The Kier molecular flexibility index (Phi) is 3.34. The van der Waals surface area contributed by atoms with Crippen molar-refractivity contribution in [2.45, 2.75) is 56.8 Å². The van der Waals surface area contributed by atoms with Gasteiger partial charge in [-0.1, -0.05) is 12.8 Å². The Labute approximate surface area is 118 Å². The first-order valence-corrected chi connectivity index (χ1v) is 7.82. The minimum atomic E-state index is 0.224.